The summed E-state index contributed by atoms with van der Waals surface area (Å²) in [4.78, 5) is 3.96. The van der Waals surface area contributed by atoms with Crippen molar-refractivity contribution in [3.8, 4) is 0 Å². The molecule has 0 unspecified atom stereocenters. The molecule has 0 aliphatic heterocycles. The van der Waals surface area contributed by atoms with Crippen molar-refractivity contribution in [2.24, 2.45) is 0 Å². The van der Waals surface area contributed by atoms with Crippen LogP contribution >= 0.6 is 27.5 Å². The molecule has 0 fully saturated rings. The first-order valence-electron chi connectivity index (χ1n) is 5.08. The summed E-state index contributed by atoms with van der Waals surface area (Å²) in [5.41, 5.74) is 5.79. The Morgan fingerprint density at radius 3 is 2.58 bits per heavy atom. The molecule has 1 aromatic heterocycles. The molecule has 2 rings (SSSR count). The van der Waals surface area contributed by atoms with Crippen LogP contribution in [0, 0.1) is 0 Å². The van der Waals surface area contributed by atoms with Crippen molar-refractivity contribution in [1.29, 1.82) is 0 Å². The van der Waals surface area contributed by atoms with Gasteiger partial charge in [-0.05, 0) is 46.3 Å². The smallest absolute Gasteiger partial charge is 0.263 e. The molecule has 2 aromatic rings. The monoisotopic (exact) mass is 361 g/mol. The molecule has 3 N–H and O–H groups in total. The third kappa shape index (κ3) is 3.37. The molecule has 0 saturated heterocycles. The van der Waals surface area contributed by atoms with Crippen molar-refractivity contribution in [2.75, 3.05) is 10.5 Å². The van der Waals surface area contributed by atoms with E-state index in [-0.39, 0.29) is 16.4 Å². The zero-order valence-electron chi connectivity index (χ0n) is 9.47. The fourth-order valence-electron chi connectivity index (χ4n) is 1.32. The number of nitrogens with one attached hydrogen (secondary N) is 1. The number of nitrogens with two attached hydrogens (primary N) is 1. The average molecular weight is 363 g/mol. The number of aromatic nitrogens is 1. The van der Waals surface area contributed by atoms with E-state index in [2.05, 4.69) is 25.6 Å². The van der Waals surface area contributed by atoms with Gasteiger partial charge in [0.25, 0.3) is 10.0 Å². The van der Waals surface area contributed by atoms with E-state index in [1.54, 1.807) is 12.1 Å². The predicted octanol–water partition coefficient (Wildman–Crippen LogP) is 2.88. The number of nitrogen functional groups attached to an aromatic ring is 1. The van der Waals surface area contributed by atoms with E-state index in [1.165, 1.54) is 24.4 Å². The molecule has 1 aromatic carbocycles. The van der Waals surface area contributed by atoms with E-state index in [0.717, 1.165) is 4.47 Å². The minimum Gasteiger partial charge on any atom is -0.397 e. The van der Waals surface area contributed by atoms with Crippen LogP contribution in [0.3, 0.4) is 0 Å². The van der Waals surface area contributed by atoms with Gasteiger partial charge in [-0.2, -0.15) is 0 Å². The lowest BCUT2D eigenvalue weighted by atomic mass is 10.3. The molecule has 8 heteroatoms. The van der Waals surface area contributed by atoms with Crippen LogP contribution in [-0.4, -0.2) is 13.4 Å². The number of anilines is 2. The molecule has 0 saturated carbocycles. The Hall–Kier alpha value is -1.31. The van der Waals surface area contributed by atoms with E-state index in [9.17, 15) is 8.42 Å². The van der Waals surface area contributed by atoms with Crippen molar-refractivity contribution >= 4 is 49.1 Å². The van der Waals surface area contributed by atoms with Crippen molar-refractivity contribution in [3.63, 3.8) is 0 Å². The van der Waals surface area contributed by atoms with Gasteiger partial charge in [-0.15, -0.1) is 0 Å². The maximum Gasteiger partial charge on any atom is 0.263 e. The van der Waals surface area contributed by atoms with Gasteiger partial charge in [0, 0.05) is 10.7 Å². The van der Waals surface area contributed by atoms with Crippen molar-refractivity contribution in [1.82, 2.24) is 4.98 Å². The molecule has 5 nitrogen and oxygen atoms in total. The standard InChI is InChI=1S/C11H9BrClN3O2S/c12-7-1-4-11(15-6-7)16-19(17,18)8-2-3-9(13)10(14)5-8/h1-6H,14H2,(H,15,16). The molecule has 0 aliphatic rings. The van der Waals surface area contributed by atoms with Gasteiger partial charge >= 0.3 is 0 Å². The maximum atomic E-state index is 12.1. The molecule has 0 aliphatic carbocycles. The highest BCUT2D eigenvalue weighted by Gasteiger charge is 2.15. The Balaban J connectivity index is 2.32. The lowest BCUT2D eigenvalue weighted by Gasteiger charge is -2.08. The second-order valence-electron chi connectivity index (χ2n) is 3.65. The van der Waals surface area contributed by atoms with E-state index in [4.69, 9.17) is 17.3 Å². The van der Waals surface area contributed by atoms with Crippen LogP contribution in [0.4, 0.5) is 11.5 Å². The van der Waals surface area contributed by atoms with Gasteiger partial charge in [-0.3, -0.25) is 4.72 Å². The summed E-state index contributed by atoms with van der Waals surface area (Å²) in [5, 5.41) is 0.306. The summed E-state index contributed by atoms with van der Waals surface area (Å²) in [6.45, 7) is 0. The third-order valence-electron chi connectivity index (χ3n) is 2.24. The summed E-state index contributed by atoms with van der Waals surface area (Å²) in [5.74, 6) is 0.219. The Bertz CT molecular complexity index is 704. The Labute approximate surface area is 124 Å². The highest BCUT2D eigenvalue weighted by molar-refractivity contribution is 9.10. The SMILES string of the molecule is Nc1cc(S(=O)(=O)Nc2ccc(Br)cn2)ccc1Cl. The molecule has 100 valence electrons. The van der Waals surface area contributed by atoms with Gasteiger partial charge < -0.3 is 5.73 Å². The number of nitrogens with zero attached hydrogens (tertiary/aromatic N) is 1. The van der Waals surface area contributed by atoms with Gasteiger partial charge in [-0.1, -0.05) is 11.6 Å². The highest BCUT2D eigenvalue weighted by atomic mass is 79.9. The van der Waals surface area contributed by atoms with Crippen molar-refractivity contribution in [2.45, 2.75) is 4.90 Å². The normalized spacial score (nSPS) is 11.3. The molecule has 1 heterocycles. The average Bonchev–Trinajstić information content (AvgIpc) is 2.35. The molecular weight excluding hydrogens is 354 g/mol. The second kappa shape index (κ2) is 5.36. The van der Waals surface area contributed by atoms with Crippen LogP contribution in [0.1, 0.15) is 0 Å². The zero-order valence-corrected chi connectivity index (χ0v) is 12.6. The fraction of sp³-hybridized carbons (Fsp3) is 0. The van der Waals surface area contributed by atoms with Crippen molar-refractivity contribution < 1.29 is 8.42 Å². The predicted molar refractivity (Wildman–Crippen MR) is 78.6 cm³/mol. The molecule has 0 bridgehead atoms. The topological polar surface area (TPSA) is 85.1 Å². The number of rotatable bonds is 3. The number of pyridine rings is 1. The maximum absolute atomic E-state index is 12.1. The minimum atomic E-state index is -3.73. The van der Waals surface area contributed by atoms with Crippen LogP contribution < -0.4 is 10.5 Å². The number of hydrogen-bond donors (Lipinski definition) is 2. The van der Waals surface area contributed by atoms with E-state index in [0.29, 0.717) is 5.02 Å². The van der Waals surface area contributed by atoms with Gasteiger partial charge in [0.05, 0.1) is 15.6 Å². The summed E-state index contributed by atoms with van der Waals surface area (Å²) in [6.07, 6.45) is 1.49. The largest absolute Gasteiger partial charge is 0.397 e. The van der Waals surface area contributed by atoms with E-state index < -0.39 is 10.0 Å². The van der Waals surface area contributed by atoms with Crippen LogP contribution in [-0.2, 0) is 10.0 Å². The fourth-order valence-corrected chi connectivity index (χ4v) is 2.72. The first-order chi connectivity index (χ1) is 8.88. The molecule has 0 amide bonds. The first-order valence-corrected chi connectivity index (χ1v) is 7.73. The zero-order chi connectivity index (χ0) is 14.0. The van der Waals surface area contributed by atoms with Crippen LogP contribution in [0.25, 0.3) is 0 Å². The highest BCUT2D eigenvalue weighted by Crippen LogP contribution is 2.23. The summed E-state index contributed by atoms with van der Waals surface area (Å²) in [6, 6.07) is 7.33. The Morgan fingerprint density at radius 2 is 2.00 bits per heavy atom. The lowest BCUT2D eigenvalue weighted by Crippen LogP contribution is -2.14. The van der Waals surface area contributed by atoms with E-state index in [1.807, 2.05) is 0 Å². The molecule has 0 atom stereocenters. The van der Waals surface area contributed by atoms with Crippen LogP contribution in [0.5, 0.6) is 0 Å². The number of benzene rings is 1. The summed E-state index contributed by atoms with van der Waals surface area (Å²) >= 11 is 8.97. The van der Waals surface area contributed by atoms with Gasteiger partial charge in [0.2, 0.25) is 0 Å². The van der Waals surface area contributed by atoms with Crippen LogP contribution in [0.15, 0.2) is 45.9 Å². The second-order valence-corrected chi connectivity index (χ2v) is 6.66. The van der Waals surface area contributed by atoms with Gasteiger partial charge in [0.15, 0.2) is 0 Å². The molecule has 0 spiro atoms. The third-order valence-corrected chi connectivity index (χ3v) is 4.41. The Morgan fingerprint density at radius 1 is 1.26 bits per heavy atom. The van der Waals surface area contributed by atoms with Crippen molar-refractivity contribution in [3.05, 3.63) is 46.0 Å². The summed E-state index contributed by atoms with van der Waals surface area (Å²) in [7, 11) is -3.73. The quantitative estimate of drug-likeness (QED) is 0.822. The number of halogens is 2. The van der Waals surface area contributed by atoms with Gasteiger partial charge in [0.1, 0.15) is 5.82 Å². The van der Waals surface area contributed by atoms with E-state index >= 15 is 0 Å². The lowest BCUT2D eigenvalue weighted by molar-refractivity contribution is 0.601. The number of sulfonamides is 1. The molecule has 0 radical (unpaired) electrons. The Kier molecular flexibility index (Phi) is 3.98. The summed E-state index contributed by atoms with van der Waals surface area (Å²) < 4.78 is 27.3. The molecule has 19 heavy (non-hydrogen) atoms. The number of hydrogen-bond acceptors (Lipinski definition) is 4. The first kappa shape index (κ1) is 14.1. The molecular formula is C11H9BrClN3O2S. The van der Waals surface area contributed by atoms with Gasteiger partial charge in [-0.25, -0.2) is 13.4 Å². The minimum absolute atomic E-state index is 0.0270. The van der Waals surface area contributed by atoms with Crippen LogP contribution in [0.2, 0.25) is 5.02 Å².